The van der Waals surface area contributed by atoms with Gasteiger partial charge in [-0.1, -0.05) is 0 Å². The van der Waals surface area contributed by atoms with E-state index in [1.807, 2.05) is 0 Å². The van der Waals surface area contributed by atoms with E-state index in [9.17, 15) is 22.8 Å². The van der Waals surface area contributed by atoms with Gasteiger partial charge in [-0.3, -0.25) is 4.79 Å². The van der Waals surface area contributed by atoms with Gasteiger partial charge in [0, 0.05) is 0 Å². The molecule has 0 aliphatic carbocycles. The zero-order valence-corrected chi connectivity index (χ0v) is 8.82. The van der Waals surface area contributed by atoms with Gasteiger partial charge in [0.1, 0.15) is 5.52 Å². The van der Waals surface area contributed by atoms with Crippen molar-refractivity contribution in [3.8, 4) is 0 Å². The van der Waals surface area contributed by atoms with E-state index >= 15 is 0 Å². The molecule has 0 aromatic carbocycles. The number of aromatic nitrogens is 4. The van der Waals surface area contributed by atoms with Gasteiger partial charge in [-0.2, -0.15) is 13.2 Å². The quantitative estimate of drug-likeness (QED) is 0.736. The number of anilines is 1. The van der Waals surface area contributed by atoms with Crippen molar-refractivity contribution in [3.05, 3.63) is 12.2 Å². The number of fused-ring (bicyclic) bond motifs is 1. The zero-order chi connectivity index (χ0) is 14.2. The van der Waals surface area contributed by atoms with E-state index in [1.54, 1.807) is 0 Å². The van der Waals surface area contributed by atoms with Crippen molar-refractivity contribution in [3.63, 3.8) is 0 Å². The molecule has 0 unspecified atom stereocenters. The summed E-state index contributed by atoms with van der Waals surface area (Å²) in [4.78, 5) is 34.3. The molecule has 0 radical (unpaired) electrons. The van der Waals surface area contributed by atoms with Crippen LogP contribution in [0.4, 0.5) is 19.0 Å². The standard InChI is InChI=1S/C8H4F3N5O3/c9-8(10,11)7(19)16-4-2-3(13-1-12-2)14-5(15-4)6(17)18/h1H,(H,17,18)(H2,12,13,14,15,16,19). The summed E-state index contributed by atoms with van der Waals surface area (Å²) < 4.78 is 36.4. The number of halogens is 3. The summed E-state index contributed by atoms with van der Waals surface area (Å²) in [5.41, 5.74) is -0.285. The van der Waals surface area contributed by atoms with Crippen LogP contribution >= 0.6 is 0 Å². The van der Waals surface area contributed by atoms with E-state index in [0.29, 0.717) is 0 Å². The number of carbonyl (C=O) groups is 2. The van der Waals surface area contributed by atoms with Crippen molar-refractivity contribution in [2.75, 3.05) is 5.32 Å². The molecule has 1 amide bonds. The van der Waals surface area contributed by atoms with Crippen LogP contribution < -0.4 is 5.32 Å². The van der Waals surface area contributed by atoms with Gasteiger partial charge in [0.25, 0.3) is 0 Å². The molecule has 19 heavy (non-hydrogen) atoms. The number of hydrogen-bond donors (Lipinski definition) is 3. The molecular formula is C8H4F3N5O3. The number of aromatic amines is 1. The number of aromatic carboxylic acids is 1. The molecule has 8 nitrogen and oxygen atoms in total. The number of rotatable bonds is 2. The van der Waals surface area contributed by atoms with Crippen molar-refractivity contribution in [1.29, 1.82) is 0 Å². The van der Waals surface area contributed by atoms with Gasteiger partial charge in [-0.25, -0.2) is 19.7 Å². The minimum Gasteiger partial charge on any atom is -0.475 e. The van der Waals surface area contributed by atoms with Gasteiger partial charge in [0.2, 0.25) is 5.82 Å². The minimum atomic E-state index is -5.12. The first kappa shape index (κ1) is 12.7. The van der Waals surface area contributed by atoms with E-state index in [4.69, 9.17) is 5.11 Å². The monoisotopic (exact) mass is 275 g/mol. The Labute approximate surface area is 101 Å². The fraction of sp³-hybridized carbons (Fsp3) is 0.125. The lowest BCUT2D eigenvalue weighted by molar-refractivity contribution is -0.167. The van der Waals surface area contributed by atoms with Crippen LogP contribution in [0.3, 0.4) is 0 Å². The number of amides is 1. The number of nitrogens with zero attached hydrogens (tertiary/aromatic N) is 3. The lowest BCUT2D eigenvalue weighted by atomic mass is 10.4. The Morgan fingerprint density at radius 3 is 2.58 bits per heavy atom. The molecule has 2 aromatic rings. The fourth-order valence-electron chi connectivity index (χ4n) is 1.20. The maximum Gasteiger partial charge on any atom is 0.471 e. The molecule has 100 valence electrons. The van der Waals surface area contributed by atoms with Crippen LogP contribution in [-0.4, -0.2) is 43.1 Å². The van der Waals surface area contributed by atoms with Gasteiger partial charge in [-0.05, 0) is 0 Å². The Hall–Kier alpha value is -2.72. The Morgan fingerprint density at radius 2 is 2.00 bits per heavy atom. The van der Waals surface area contributed by atoms with Gasteiger partial charge < -0.3 is 15.4 Å². The fourth-order valence-corrected chi connectivity index (χ4v) is 1.20. The molecule has 0 atom stereocenters. The van der Waals surface area contributed by atoms with E-state index in [0.717, 1.165) is 6.33 Å². The molecular weight excluding hydrogens is 271 g/mol. The average molecular weight is 275 g/mol. The van der Waals surface area contributed by atoms with E-state index in [1.165, 1.54) is 5.32 Å². The molecule has 0 spiro atoms. The van der Waals surface area contributed by atoms with Crippen molar-refractivity contribution in [2.45, 2.75) is 6.18 Å². The smallest absolute Gasteiger partial charge is 0.471 e. The molecule has 0 fully saturated rings. The zero-order valence-electron chi connectivity index (χ0n) is 8.82. The van der Waals surface area contributed by atoms with Crippen LogP contribution in [-0.2, 0) is 4.79 Å². The minimum absolute atomic E-state index is 0.109. The Kier molecular flexibility index (Phi) is 2.81. The highest BCUT2D eigenvalue weighted by Crippen LogP contribution is 2.21. The van der Waals surface area contributed by atoms with E-state index < -0.39 is 29.7 Å². The van der Waals surface area contributed by atoms with Gasteiger partial charge in [0.05, 0.1) is 6.33 Å². The normalized spacial score (nSPS) is 11.5. The molecule has 2 heterocycles. The number of carbonyl (C=O) groups excluding carboxylic acids is 1. The van der Waals surface area contributed by atoms with Gasteiger partial charge in [-0.15, -0.1) is 0 Å². The van der Waals surface area contributed by atoms with Gasteiger partial charge >= 0.3 is 18.1 Å². The van der Waals surface area contributed by atoms with Crippen LogP contribution in [0, 0.1) is 0 Å². The second-order valence-electron chi connectivity index (χ2n) is 3.25. The number of carboxylic acid groups (broad SMARTS) is 1. The van der Waals surface area contributed by atoms with Crippen LogP contribution in [0.2, 0.25) is 0 Å². The van der Waals surface area contributed by atoms with E-state index in [-0.39, 0.29) is 11.2 Å². The largest absolute Gasteiger partial charge is 0.475 e. The molecule has 0 aliphatic rings. The summed E-state index contributed by atoms with van der Waals surface area (Å²) in [7, 11) is 0. The highest BCUT2D eigenvalue weighted by molar-refractivity contribution is 6.00. The first-order valence-corrected chi connectivity index (χ1v) is 4.61. The summed E-state index contributed by atoms with van der Waals surface area (Å²) >= 11 is 0. The third kappa shape index (κ3) is 2.43. The molecule has 11 heteroatoms. The number of imidazole rings is 1. The summed E-state index contributed by atoms with van der Waals surface area (Å²) in [5, 5.41) is 10.2. The van der Waals surface area contributed by atoms with Crippen LogP contribution in [0.5, 0.6) is 0 Å². The molecule has 0 bridgehead atoms. The lowest BCUT2D eigenvalue weighted by Gasteiger charge is -2.07. The molecule has 0 saturated heterocycles. The number of hydrogen-bond acceptors (Lipinski definition) is 5. The Morgan fingerprint density at radius 1 is 1.32 bits per heavy atom. The Balaban J connectivity index is 2.49. The number of alkyl halides is 3. The summed E-state index contributed by atoms with van der Waals surface area (Å²) in [6, 6.07) is 0. The number of H-pyrrole nitrogens is 1. The summed E-state index contributed by atoms with van der Waals surface area (Å²) in [6.07, 6.45) is -4.05. The average Bonchev–Trinajstić information content (AvgIpc) is 2.75. The maximum absolute atomic E-state index is 12.1. The SMILES string of the molecule is O=C(O)c1nc(NC(=O)C(F)(F)F)c2[nH]cnc2n1. The molecule has 3 N–H and O–H groups in total. The van der Waals surface area contributed by atoms with Crippen molar-refractivity contribution >= 4 is 28.9 Å². The maximum atomic E-state index is 12.1. The van der Waals surface area contributed by atoms with Crippen molar-refractivity contribution < 1.29 is 27.9 Å². The van der Waals surface area contributed by atoms with E-state index in [2.05, 4.69) is 19.9 Å². The summed E-state index contributed by atoms with van der Waals surface area (Å²) in [5.74, 6) is -5.23. The first-order chi connectivity index (χ1) is 8.79. The Bertz CT molecular complexity index is 665. The van der Waals surface area contributed by atoms with Crippen molar-refractivity contribution in [1.82, 2.24) is 19.9 Å². The molecule has 0 aliphatic heterocycles. The first-order valence-electron chi connectivity index (χ1n) is 4.61. The highest BCUT2D eigenvalue weighted by Gasteiger charge is 2.39. The van der Waals surface area contributed by atoms with Gasteiger partial charge in [0.15, 0.2) is 11.5 Å². The van der Waals surface area contributed by atoms with Crippen LogP contribution in [0.25, 0.3) is 11.2 Å². The second-order valence-corrected chi connectivity index (χ2v) is 3.25. The lowest BCUT2D eigenvalue weighted by Crippen LogP contribution is -2.30. The van der Waals surface area contributed by atoms with Crippen molar-refractivity contribution in [2.24, 2.45) is 0 Å². The number of nitrogens with one attached hydrogen (secondary N) is 2. The molecule has 0 saturated carbocycles. The van der Waals surface area contributed by atoms with Crippen LogP contribution in [0.1, 0.15) is 10.6 Å². The third-order valence-electron chi connectivity index (χ3n) is 1.97. The second kappa shape index (κ2) is 4.19. The topological polar surface area (TPSA) is 121 Å². The summed E-state index contributed by atoms with van der Waals surface area (Å²) in [6.45, 7) is 0. The highest BCUT2D eigenvalue weighted by atomic mass is 19.4. The van der Waals surface area contributed by atoms with Crippen LogP contribution in [0.15, 0.2) is 6.33 Å². The molecule has 2 aromatic heterocycles. The predicted molar refractivity (Wildman–Crippen MR) is 53.3 cm³/mol. The number of carboxylic acids is 1. The predicted octanol–water partition coefficient (Wildman–Crippen LogP) is 0.552. The third-order valence-corrected chi connectivity index (χ3v) is 1.97. The molecule has 2 rings (SSSR count).